The molecule has 1 aliphatic heterocycles. The Bertz CT molecular complexity index is 358. The van der Waals surface area contributed by atoms with Crippen molar-refractivity contribution in [2.24, 2.45) is 5.41 Å². The van der Waals surface area contributed by atoms with Crippen LogP contribution in [0.4, 0.5) is 0 Å². The zero-order valence-corrected chi connectivity index (χ0v) is 11.3. The summed E-state index contributed by atoms with van der Waals surface area (Å²) in [7, 11) is -0.207. The monoisotopic (exact) mass is 282 g/mol. The average Bonchev–Trinajstić information content (AvgIpc) is 2.29. The van der Waals surface area contributed by atoms with Crippen LogP contribution in [0.2, 0.25) is 0 Å². The fourth-order valence-electron chi connectivity index (χ4n) is 1.76. The van der Waals surface area contributed by atoms with E-state index < -0.39 is 0 Å². The van der Waals surface area contributed by atoms with Crippen molar-refractivity contribution in [1.29, 1.82) is 0 Å². The summed E-state index contributed by atoms with van der Waals surface area (Å²) in [5.41, 5.74) is 2.49. The maximum absolute atomic E-state index is 5.78. The van der Waals surface area contributed by atoms with E-state index in [1.165, 1.54) is 5.56 Å². The quantitative estimate of drug-likeness (QED) is 0.612. The average molecular weight is 283 g/mol. The molecule has 0 bridgehead atoms. The van der Waals surface area contributed by atoms with Crippen molar-refractivity contribution in [3.63, 3.8) is 0 Å². The second-order valence-corrected chi connectivity index (χ2v) is 5.51. The van der Waals surface area contributed by atoms with Gasteiger partial charge in [-0.15, -0.1) is 0 Å². The molecular formula is C12H16BBrO2. The van der Waals surface area contributed by atoms with Gasteiger partial charge in [-0.05, 0) is 11.0 Å². The standard InChI is InChI=1S/C12H16BBrO2/c1-12(2)8-15-13(16-9-12)11-6-4-3-5-10(11)7-14/h3-6H,7-9H2,1-2H3. The molecule has 0 spiro atoms. The Labute approximate surface area is 106 Å². The van der Waals surface area contributed by atoms with Gasteiger partial charge in [0.05, 0.1) is 0 Å². The summed E-state index contributed by atoms with van der Waals surface area (Å²) in [6, 6.07) is 8.22. The normalized spacial score (nSPS) is 19.8. The summed E-state index contributed by atoms with van der Waals surface area (Å²) in [5.74, 6) is 0. The Morgan fingerprint density at radius 1 is 1.25 bits per heavy atom. The predicted molar refractivity (Wildman–Crippen MR) is 70.1 cm³/mol. The van der Waals surface area contributed by atoms with Gasteiger partial charge in [-0.2, -0.15) is 0 Å². The molecule has 0 aliphatic carbocycles. The van der Waals surface area contributed by atoms with E-state index in [1.54, 1.807) is 0 Å². The van der Waals surface area contributed by atoms with Gasteiger partial charge in [-0.25, -0.2) is 0 Å². The van der Waals surface area contributed by atoms with Gasteiger partial charge in [0.15, 0.2) is 0 Å². The van der Waals surface area contributed by atoms with Crippen molar-refractivity contribution in [3.05, 3.63) is 29.8 Å². The lowest BCUT2D eigenvalue weighted by Gasteiger charge is -2.33. The first-order chi connectivity index (χ1) is 7.62. The highest BCUT2D eigenvalue weighted by Crippen LogP contribution is 2.21. The SMILES string of the molecule is CC1(C)COB(c2ccccc2CBr)OC1. The second kappa shape index (κ2) is 4.90. The van der Waals surface area contributed by atoms with Crippen LogP contribution in [0.15, 0.2) is 24.3 Å². The molecule has 0 amide bonds. The number of alkyl halides is 1. The van der Waals surface area contributed by atoms with E-state index in [9.17, 15) is 0 Å². The van der Waals surface area contributed by atoms with E-state index in [0.717, 1.165) is 24.0 Å². The highest BCUT2D eigenvalue weighted by molar-refractivity contribution is 9.08. The molecule has 1 fully saturated rings. The number of rotatable bonds is 2. The van der Waals surface area contributed by atoms with Gasteiger partial charge < -0.3 is 9.31 Å². The Kier molecular flexibility index (Phi) is 3.72. The topological polar surface area (TPSA) is 18.5 Å². The van der Waals surface area contributed by atoms with Gasteiger partial charge in [0, 0.05) is 24.0 Å². The summed E-state index contributed by atoms with van der Waals surface area (Å²) in [4.78, 5) is 0. The third-order valence-corrected chi connectivity index (χ3v) is 3.31. The maximum Gasteiger partial charge on any atom is 0.494 e. The predicted octanol–water partition coefficient (Wildman–Crippen LogP) is 2.35. The van der Waals surface area contributed by atoms with Crippen molar-refractivity contribution >= 4 is 28.5 Å². The summed E-state index contributed by atoms with van der Waals surface area (Å²) in [5, 5.41) is 0.829. The number of hydrogen-bond acceptors (Lipinski definition) is 2. The first kappa shape index (κ1) is 12.2. The zero-order chi connectivity index (χ0) is 11.6. The Morgan fingerprint density at radius 2 is 1.88 bits per heavy atom. The molecule has 0 aromatic heterocycles. The molecule has 1 aliphatic rings. The maximum atomic E-state index is 5.78. The summed E-state index contributed by atoms with van der Waals surface area (Å²) < 4.78 is 11.6. The Balaban J connectivity index is 2.14. The van der Waals surface area contributed by atoms with Crippen LogP contribution < -0.4 is 5.46 Å². The molecule has 0 atom stereocenters. The van der Waals surface area contributed by atoms with Crippen LogP contribution in [-0.4, -0.2) is 20.3 Å². The Morgan fingerprint density at radius 3 is 2.50 bits per heavy atom. The molecule has 2 rings (SSSR count). The summed E-state index contributed by atoms with van der Waals surface area (Å²) in [6.45, 7) is 5.79. The molecule has 0 N–H and O–H groups in total. The van der Waals surface area contributed by atoms with Crippen molar-refractivity contribution in [2.75, 3.05) is 13.2 Å². The van der Waals surface area contributed by atoms with Crippen LogP contribution in [-0.2, 0) is 14.6 Å². The van der Waals surface area contributed by atoms with Crippen molar-refractivity contribution in [2.45, 2.75) is 19.2 Å². The van der Waals surface area contributed by atoms with Crippen molar-refractivity contribution in [1.82, 2.24) is 0 Å². The minimum absolute atomic E-state index is 0.125. The molecule has 16 heavy (non-hydrogen) atoms. The number of halogens is 1. The largest absolute Gasteiger partial charge is 0.494 e. The molecule has 86 valence electrons. The number of benzene rings is 1. The minimum atomic E-state index is -0.207. The molecule has 2 nitrogen and oxygen atoms in total. The third-order valence-electron chi connectivity index (χ3n) is 2.70. The zero-order valence-electron chi connectivity index (χ0n) is 9.70. The van der Waals surface area contributed by atoms with Gasteiger partial charge in [-0.1, -0.05) is 54.0 Å². The van der Waals surface area contributed by atoms with E-state index >= 15 is 0 Å². The van der Waals surface area contributed by atoms with Crippen LogP contribution in [0.1, 0.15) is 19.4 Å². The highest BCUT2D eigenvalue weighted by Gasteiger charge is 2.34. The fraction of sp³-hybridized carbons (Fsp3) is 0.500. The molecule has 0 unspecified atom stereocenters. The van der Waals surface area contributed by atoms with Crippen LogP contribution in [0.5, 0.6) is 0 Å². The molecule has 1 saturated heterocycles. The number of hydrogen-bond donors (Lipinski definition) is 0. The summed E-state index contributed by atoms with van der Waals surface area (Å²) >= 11 is 3.49. The third kappa shape index (κ3) is 2.68. The Hall–Kier alpha value is -0.315. The van der Waals surface area contributed by atoms with Crippen LogP contribution >= 0.6 is 15.9 Å². The van der Waals surface area contributed by atoms with Gasteiger partial charge >= 0.3 is 7.12 Å². The van der Waals surface area contributed by atoms with E-state index in [1.807, 2.05) is 12.1 Å². The van der Waals surface area contributed by atoms with Crippen LogP contribution in [0, 0.1) is 5.41 Å². The van der Waals surface area contributed by atoms with E-state index in [4.69, 9.17) is 9.31 Å². The summed E-state index contributed by atoms with van der Waals surface area (Å²) in [6.07, 6.45) is 0. The molecule has 4 heteroatoms. The van der Waals surface area contributed by atoms with Gasteiger partial charge in [0.2, 0.25) is 0 Å². The first-order valence-electron chi connectivity index (χ1n) is 5.49. The second-order valence-electron chi connectivity index (χ2n) is 4.95. The smallest absolute Gasteiger partial charge is 0.407 e. The van der Waals surface area contributed by atoms with Crippen molar-refractivity contribution < 1.29 is 9.31 Å². The molecule has 1 heterocycles. The molecule has 1 aromatic carbocycles. The van der Waals surface area contributed by atoms with Gasteiger partial charge in [0.1, 0.15) is 0 Å². The van der Waals surface area contributed by atoms with Gasteiger partial charge in [-0.3, -0.25) is 0 Å². The highest BCUT2D eigenvalue weighted by atomic mass is 79.9. The molecule has 1 aromatic rings. The van der Waals surface area contributed by atoms with E-state index in [0.29, 0.717) is 0 Å². The fourth-order valence-corrected chi connectivity index (χ4v) is 2.27. The van der Waals surface area contributed by atoms with E-state index in [2.05, 4.69) is 41.9 Å². The molecular weight excluding hydrogens is 267 g/mol. The van der Waals surface area contributed by atoms with Crippen LogP contribution in [0.25, 0.3) is 0 Å². The lowest BCUT2D eigenvalue weighted by atomic mass is 9.74. The minimum Gasteiger partial charge on any atom is -0.407 e. The lowest BCUT2D eigenvalue weighted by molar-refractivity contribution is 0.0342. The van der Waals surface area contributed by atoms with Gasteiger partial charge in [0.25, 0.3) is 0 Å². The lowest BCUT2D eigenvalue weighted by Crippen LogP contribution is -2.48. The van der Waals surface area contributed by atoms with Crippen molar-refractivity contribution in [3.8, 4) is 0 Å². The first-order valence-corrected chi connectivity index (χ1v) is 6.61. The molecule has 0 radical (unpaired) electrons. The van der Waals surface area contributed by atoms with E-state index in [-0.39, 0.29) is 12.5 Å². The van der Waals surface area contributed by atoms with Crippen LogP contribution in [0.3, 0.4) is 0 Å². The molecule has 0 saturated carbocycles.